The smallest absolute Gasteiger partial charge is 0.285 e. The first-order valence-electron chi connectivity index (χ1n) is 17.1. The minimum atomic E-state index is -0.751. The van der Waals surface area contributed by atoms with E-state index in [1.807, 2.05) is 60.7 Å². The third-order valence-corrected chi connectivity index (χ3v) is 9.79. The molecule has 0 fully saturated rings. The predicted octanol–water partition coefficient (Wildman–Crippen LogP) is 9.06. The van der Waals surface area contributed by atoms with Gasteiger partial charge in [-0.25, -0.2) is 0 Å². The molecule has 4 aromatic carbocycles. The normalized spacial score (nSPS) is 13.9. The summed E-state index contributed by atoms with van der Waals surface area (Å²) in [6.07, 6.45) is 10.2. The number of rotatable bonds is 15. The average Bonchev–Trinajstić information content (AvgIpc) is 3.19. The third kappa shape index (κ3) is 10.3. The Morgan fingerprint density at radius 2 is 1.67 bits per heavy atom. The lowest BCUT2D eigenvalue weighted by atomic mass is 9.99. The summed E-state index contributed by atoms with van der Waals surface area (Å²) < 4.78 is 6.68. The number of amides is 3. The molecule has 10 nitrogen and oxygen atoms in total. The summed E-state index contributed by atoms with van der Waals surface area (Å²) in [6, 6.07) is 28.4. The van der Waals surface area contributed by atoms with Gasteiger partial charge in [0, 0.05) is 17.8 Å². The number of hydrogen-bond donors (Lipinski definition) is 1. The zero-order chi connectivity index (χ0) is 39.3. The average molecular weight is 818 g/mol. The predicted molar refractivity (Wildman–Crippen MR) is 221 cm³/mol. The van der Waals surface area contributed by atoms with Gasteiger partial charge in [0.05, 0.1) is 21.2 Å². The highest BCUT2D eigenvalue weighted by atomic mass is 79.9. The van der Waals surface area contributed by atoms with Crippen molar-refractivity contribution in [1.82, 2.24) is 10.2 Å². The van der Waals surface area contributed by atoms with Crippen molar-refractivity contribution in [3.05, 3.63) is 194 Å². The molecule has 1 heterocycles. The highest BCUT2D eigenvalue weighted by Gasteiger charge is 2.35. The second-order valence-corrected chi connectivity index (χ2v) is 13.8. The lowest BCUT2D eigenvalue weighted by Gasteiger charge is -2.28. The molecule has 1 N–H and O–H groups in total. The Balaban J connectivity index is 1.41. The van der Waals surface area contributed by atoms with Crippen molar-refractivity contribution in [3.8, 4) is 5.75 Å². The van der Waals surface area contributed by atoms with E-state index in [-0.39, 0.29) is 34.7 Å². The van der Waals surface area contributed by atoms with Crippen LogP contribution < -0.4 is 10.1 Å². The molecule has 1 aliphatic heterocycles. The number of non-ortho nitro benzene ring substituents is 1. The summed E-state index contributed by atoms with van der Waals surface area (Å²) in [5.74, 6) is -1.28. The Morgan fingerprint density at radius 3 is 2.25 bits per heavy atom. The molecular weight excluding hydrogens is 780 g/mol. The largest absolute Gasteiger partial charge is 0.487 e. The number of carbonyl (C=O) groups is 3. The van der Waals surface area contributed by atoms with Gasteiger partial charge in [-0.2, -0.15) is 4.99 Å². The molecule has 5 rings (SSSR count). The van der Waals surface area contributed by atoms with Crippen molar-refractivity contribution in [3.63, 3.8) is 0 Å². The number of hydrogen-bond acceptors (Lipinski definition) is 7. The van der Waals surface area contributed by atoms with Gasteiger partial charge >= 0.3 is 0 Å². The van der Waals surface area contributed by atoms with Gasteiger partial charge < -0.3 is 10.1 Å². The number of thioether (sulfide) groups is 1. The van der Waals surface area contributed by atoms with Crippen molar-refractivity contribution in [1.29, 1.82) is 0 Å². The Morgan fingerprint density at radius 1 is 1.02 bits per heavy atom. The molecule has 0 aliphatic carbocycles. The lowest BCUT2D eigenvalue weighted by Crippen LogP contribution is -2.42. The van der Waals surface area contributed by atoms with Crippen LogP contribution in [0, 0.1) is 10.1 Å². The Labute approximate surface area is 332 Å². The van der Waals surface area contributed by atoms with E-state index in [1.54, 1.807) is 61.6 Å². The minimum Gasteiger partial charge on any atom is -0.487 e. The maximum Gasteiger partial charge on any atom is 0.285 e. The Kier molecular flexibility index (Phi) is 14.1. The number of nitro benzene ring substituents is 1. The van der Waals surface area contributed by atoms with Crippen molar-refractivity contribution in [2.75, 3.05) is 5.75 Å². The topological polar surface area (TPSA) is 131 Å². The number of carbonyl (C=O) groups excluding carboxylic acids is 3. The first-order chi connectivity index (χ1) is 26.6. The van der Waals surface area contributed by atoms with Crippen molar-refractivity contribution in [2.45, 2.75) is 26.0 Å². The molecular formula is C43H37BrN4O6S. The zero-order valence-corrected chi connectivity index (χ0v) is 32.3. The number of amidine groups is 1. The molecule has 0 bridgehead atoms. The fourth-order valence-corrected chi connectivity index (χ4v) is 7.10. The maximum absolute atomic E-state index is 14.2. The first kappa shape index (κ1) is 40.1. The fraction of sp³-hybridized carbons (Fsp3) is 0.116. The van der Waals surface area contributed by atoms with Crippen molar-refractivity contribution >= 4 is 62.3 Å². The van der Waals surface area contributed by atoms with Gasteiger partial charge in [0.15, 0.2) is 5.17 Å². The molecule has 0 radical (unpaired) electrons. The first-order valence-corrected chi connectivity index (χ1v) is 18.9. The van der Waals surface area contributed by atoms with Crippen LogP contribution in [0.2, 0.25) is 0 Å². The molecule has 3 amide bonds. The van der Waals surface area contributed by atoms with E-state index in [1.165, 1.54) is 23.1 Å². The second kappa shape index (κ2) is 19.3. The van der Waals surface area contributed by atoms with E-state index in [0.717, 1.165) is 34.0 Å². The number of halogens is 1. The number of nitrogens with zero attached hydrogens (tertiary/aromatic N) is 3. The Hall–Kier alpha value is -6.11. The van der Waals surface area contributed by atoms with E-state index >= 15 is 0 Å². The summed E-state index contributed by atoms with van der Waals surface area (Å²) in [5, 5.41) is 14.2. The molecule has 0 atom stereocenters. The second-order valence-electron chi connectivity index (χ2n) is 12.0. The van der Waals surface area contributed by atoms with Crippen molar-refractivity contribution < 1.29 is 24.0 Å². The molecule has 12 heteroatoms. The van der Waals surface area contributed by atoms with Crippen LogP contribution in [0.15, 0.2) is 161 Å². The van der Waals surface area contributed by atoms with Gasteiger partial charge in [-0.1, -0.05) is 103 Å². The summed E-state index contributed by atoms with van der Waals surface area (Å²) >= 11 is 4.56. The van der Waals surface area contributed by atoms with Gasteiger partial charge in [-0.15, -0.1) is 6.58 Å². The highest BCUT2D eigenvalue weighted by Crippen LogP contribution is 2.34. The number of allylic oxidation sites excluding steroid dienone is 5. The number of nitro groups is 1. The number of aliphatic imine (C=N–C) groups is 1. The summed E-state index contributed by atoms with van der Waals surface area (Å²) in [7, 11) is 0. The SMILES string of the molecule is C=C/C=C\C(=C/C)N1C(=O)/C(=C/c2cc(Br)c(OCc3ccc([N+](=O)[O-])cc3)c(CC=C)c2)C(=O)N=C1SCC(=O)NC(c1ccccc1)c1ccccc1. The standard InChI is InChI=1S/C43H37BrN4O6S/c1-4-7-19-34(6-3)47-42(51)36(25-30-24-33(14-5-2)40(37(44)26-30)54-27-29-20-22-35(23-21-29)48(52)53)41(50)46-43(47)55-28-38(49)45-39(31-15-10-8-11-16-31)32-17-12-9-13-18-32/h4-13,15-26,39H,1-2,14,27-28H2,3H3,(H,45,49)/b19-7-,34-6+,36-25+. The van der Waals surface area contributed by atoms with Crippen LogP contribution in [0.3, 0.4) is 0 Å². The van der Waals surface area contributed by atoms with Crippen LogP contribution in [0.4, 0.5) is 5.69 Å². The number of nitrogens with one attached hydrogen (secondary N) is 1. The number of ether oxygens (including phenoxy) is 1. The fourth-order valence-electron chi connectivity index (χ4n) is 5.66. The quantitative estimate of drug-likeness (QED) is 0.0316. The summed E-state index contributed by atoms with van der Waals surface area (Å²) in [5.41, 5.74) is 4.04. The highest BCUT2D eigenvalue weighted by molar-refractivity contribution is 9.10. The van der Waals surface area contributed by atoms with E-state index in [2.05, 4.69) is 39.4 Å². The van der Waals surface area contributed by atoms with E-state index in [4.69, 9.17) is 4.74 Å². The summed E-state index contributed by atoms with van der Waals surface area (Å²) in [4.78, 5) is 57.5. The van der Waals surface area contributed by atoms with Crippen LogP contribution in [-0.4, -0.2) is 38.5 Å². The monoisotopic (exact) mass is 816 g/mol. The molecule has 0 saturated heterocycles. The van der Waals surface area contributed by atoms with Gasteiger partial charge in [0.1, 0.15) is 17.9 Å². The zero-order valence-electron chi connectivity index (χ0n) is 29.9. The van der Waals surface area contributed by atoms with E-state index < -0.39 is 22.8 Å². The van der Waals surface area contributed by atoms with Crippen LogP contribution in [0.25, 0.3) is 6.08 Å². The van der Waals surface area contributed by atoms with Crippen LogP contribution >= 0.6 is 27.7 Å². The molecule has 278 valence electrons. The van der Waals surface area contributed by atoms with Crippen molar-refractivity contribution in [2.24, 2.45) is 4.99 Å². The van der Waals surface area contributed by atoms with Crippen LogP contribution in [-0.2, 0) is 27.4 Å². The lowest BCUT2D eigenvalue weighted by molar-refractivity contribution is -0.384. The Bertz CT molecular complexity index is 2180. The third-order valence-electron chi connectivity index (χ3n) is 8.26. The maximum atomic E-state index is 14.2. The molecule has 0 saturated carbocycles. The molecule has 4 aromatic rings. The molecule has 0 spiro atoms. The van der Waals surface area contributed by atoms with Crippen LogP contribution in [0.5, 0.6) is 5.75 Å². The van der Waals surface area contributed by atoms with Gasteiger partial charge in [-0.3, -0.25) is 29.4 Å². The van der Waals surface area contributed by atoms with Gasteiger partial charge in [0.2, 0.25) is 5.91 Å². The molecule has 0 unspecified atom stereocenters. The van der Waals surface area contributed by atoms with Gasteiger partial charge in [0.25, 0.3) is 17.5 Å². The summed E-state index contributed by atoms with van der Waals surface area (Å²) in [6.45, 7) is 9.48. The minimum absolute atomic E-state index is 0.0188. The van der Waals surface area contributed by atoms with Gasteiger partial charge in [-0.05, 0) is 93.5 Å². The number of benzene rings is 4. The molecule has 0 aromatic heterocycles. The van der Waals surface area contributed by atoms with Crippen LogP contribution in [0.1, 0.15) is 40.8 Å². The van der Waals surface area contributed by atoms with E-state index in [0.29, 0.717) is 27.9 Å². The molecule has 55 heavy (non-hydrogen) atoms. The molecule has 1 aliphatic rings. The van der Waals surface area contributed by atoms with E-state index in [9.17, 15) is 24.5 Å².